The van der Waals surface area contributed by atoms with E-state index < -0.39 is 0 Å². The van der Waals surface area contributed by atoms with E-state index in [-0.39, 0.29) is 24.1 Å². The summed E-state index contributed by atoms with van der Waals surface area (Å²) in [5, 5.41) is 3.06. The molecular weight excluding hydrogens is 342 g/mol. The van der Waals surface area contributed by atoms with Crippen molar-refractivity contribution in [2.24, 2.45) is 0 Å². The van der Waals surface area contributed by atoms with Crippen molar-refractivity contribution in [1.82, 2.24) is 14.9 Å². The van der Waals surface area contributed by atoms with Crippen LogP contribution in [0.4, 0.5) is 0 Å². The lowest BCUT2D eigenvalue weighted by Gasteiger charge is -2.16. The van der Waals surface area contributed by atoms with Crippen molar-refractivity contribution in [1.29, 1.82) is 0 Å². The molecule has 1 N–H and O–H groups in total. The lowest BCUT2D eigenvalue weighted by Crippen LogP contribution is -2.38. The second-order valence-electron chi connectivity index (χ2n) is 6.95. The van der Waals surface area contributed by atoms with Crippen molar-refractivity contribution in [2.45, 2.75) is 58.0 Å². The van der Waals surface area contributed by atoms with Gasteiger partial charge in [-0.1, -0.05) is 25.7 Å². The minimum Gasteiger partial charge on any atom is -0.494 e. The highest BCUT2D eigenvalue weighted by molar-refractivity contribution is 5.76. The third-order valence-electron chi connectivity index (χ3n) is 4.87. The first-order valence-corrected chi connectivity index (χ1v) is 9.75. The van der Waals surface area contributed by atoms with Crippen LogP contribution < -0.4 is 15.6 Å². The lowest BCUT2D eigenvalue weighted by molar-refractivity contribution is -0.122. The molecule has 1 amide bonds. The molecule has 1 heterocycles. The van der Waals surface area contributed by atoms with Gasteiger partial charge >= 0.3 is 0 Å². The molecule has 1 aliphatic carbocycles. The van der Waals surface area contributed by atoms with Crippen LogP contribution in [0.25, 0.3) is 11.3 Å². The smallest absolute Gasteiger partial charge is 0.254 e. The summed E-state index contributed by atoms with van der Waals surface area (Å²) in [6.07, 6.45) is 8.28. The van der Waals surface area contributed by atoms with Gasteiger partial charge in [0.1, 0.15) is 12.3 Å². The highest BCUT2D eigenvalue weighted by Crippen LogP contribution is 2.19. The Labute approximate surface area is 159 Å². The zero-order valence-electron chi connectivity index (χ0n) is 15.8. The molecule has 0 unspecified atom stereocenters. The number of rotatable bonds is 6. The average Bonchev–Trinajstić information content (AvgIpc) is 2.93. The Morgan fingerprint density at radius 3 is 2.52 bits per heavy atom. The van der Waals surface area contributed by atoms with Gasteiger partial charge in [-0.15, -0.1) is 0 Å². The predicted molar refractivity (Wildman–Crippen MR) is 105 cm³/mol. The third kappa shape index (κ3) is 5.42. The number of nitrogens with zero attached hydrogens (tertiary/aromatic N) is 2. The summed E-state index contributed by atoms with van der Waals surface area (Å²) in [7, 11) is 0. The molecule has 1 saturated carbocycles. The van der Waals surface area contributed by atoms with Crippen LogP contribution in [0.5, 0.6) is 5.75 Å². The number of carbonyl (C=O) groups excluding carboxylic acids is 1. The van der Waals surface area contributed by atoms with Crippen molar-refractivity contribution in [3.05, 3.63) is 47.0 Å². The van der Waals surface area contributed by atoms with Crippen molar-refractivity contribution in [2.75, 3.05) is 6.61 Å². The maximum Gasteiger partial charge on any atom is 0.254 e. The molecule has 0 bridgehead atoms. The van der Waals surface area contributed by atoms with Crippen LogP contribution in [0.1, 0.15) is 45.4 Å². The first kappa shape index (κ1) is 19.1. The molecule has 2 aromatic rings. The van der Waals surface area contributed by atoms with Crippen LogP contribution in [0.15, 0.2) is 41.5 Å². The van der Waals surface area contributed by atoms with Gasteiger partial charge < -0.3 is 10.1 Å². The van der Waals surface area contributed by atoms with Gasteiger partial charge in [0.15, 0.2) is 0 Å². The number of aromatic nitrogens is 2. The molecule has 0 saturated heterocycles. The minimum absolute atomic E-state index is 0.00584. The number of nitrogens with one attached hydrogen (secondary N) is 1. The zero-order valence-corrected chi connectivity index (χ0v) is 15.8. The van der Waals surface area contributed by atoms with Crippen molar-refractivity contribution < 1.29 is 9.53 Å². The van der Waals surface area contributed by atoms with Gasteiger partial charge in [-0.05, 0) is 44.0 Å². The summed E-state index contributed by atoms with van der Waals surface area (Å²) in [5.41, 5.74) is 1.19. The van der Waals surface area contributed by atoms with E-state index in [1.807, 2.05) is 31.2 Å². The molecule has 1 aromatic heterocycles. The number of ether oxygens (including phenoxy) is 1. The molecule has 0 radical (unpaired) electrons. The van der Waals surface area contributed by atoms with Crippen LogP contribution >= 0.6 is 0 Å². The van der Waals surface area contributed by atoms with Crippen LogP contribution in [0, 0.1) is 0 Å². The van der Waals surface area contributed by atoms with E-state index in [9.17, 15) is 9.59 Å². The first-order chi connectivity index (χ1) is 13.2. The normalized spacial score (nSPS) is 15.1. The predicted octanol–water partition coefficient (Wildman–Crippen LogP) is 3.15. The Hall–Kier alpha value is -2.63. The summed E-state index contributed by atoms with van der Waals surface area (Å²) in [6.45, 7) is 2.55. The molecule has 1 aromatic carbocycles. The summed E-state index contributed by atoms with van der Waals surface area (Å²) in [6, 6.07) is 9.14. The summed E-state index contributed by atoms with van der Waals surface area (Å²) in [4.78, 5) is 29.0. The van der Waals surface area contributed by atoms with Crippen LogP contribution in [0.2, 0.25) is 0 Å². The van der Waals surface area contributed by atoms with Gasteiger partial charge in [0.05, 0.1) is 18.6 Å². The second kappa shape index (κ2) is 9.35. The van der Waals surface area contributed by atoms with E-state index in [2.05, 4.69) is 10.3 Å². The molecule has 0 atom stereocenters. The van der Waals surface area contributed by atoms with Crippen LogP contribution in [-0.4, -0.2) is 28.1 Å². The van der Waals surface area contributed by atoms with Crippen molar-refractivity contribution in [3.8, 4) is 17.0 Å². The van der Waals surface area contributed by atoms with Gasteiger partial charge in [-0.3, -0.25) is 14.2 Å². The maximum atomic E-state index is 12.4. The fourth-order valence-corrected chi connectivity index (χ4v) is 3.44. The number of amides is 1. The molecule has 0 spiro atoms. The molecule has 27 heavy (non-hydrogen) atoms. The van der Waals surface area contributed by atoms with Gasteiger partial charge in [-0.25, -0.2) is 4.98 Å². The van der Waals surface area contributed by atoms with Crippen molar-refractivity contribution in [3.63, 3.8) is 0 Å². The Bertz CT molecular complexity index is 806. The minimum atomic E-state index is -0.232. The molecular formula is C21H27N3O3. The highest BCUT2D eigenvalue weighted by atomic mass is 16.5. The van der Waals surface area contributed by atoms with Crippen LogP contribution in [0.3, 0.4) is 0 Å². The molecule has 6 heteroatoms. The molecule has 1 fully saturated rings. The topological polar surface area (TPSA) is 73.2 Å². The Balaban J connectivity index is 1.63. The van der Waals surface area contributed by atoms with E-state index in [0.29, 0.717) is 12.3 Å². The second-order valence-corrected chi connectivity index (χ2v) is 6.95. The monoisotopic (exact) mass is 369 g/mol. The number of benzene rings is 1. The lowest BCUT2D eigenvalue weighted by atomic mass is 10.1. The Morgan fingerprint density at radius 2 is 1.89 bits per heavy atom. The van der Waals surface area contributed by atoms with Crippen molar-refractivity contribution >= 4 is 5.91 Å². The van der Waals surface area contributed by atoms with Gasteiger partial charge in [-0.2, -0.15) is 0 Å². The average molecular weight is 369 g/mol. The summed E-state index contributed by atoms with van der Waals surface area (Å²) < 4.78 is 6.77. The quantitative estimate of drug-likeness (QED) is 0.794. The molecule has 0 aliphatic heterocycles. The Morgan fingerprint density at radius 1 is 1.19 bits per heavy atom. The molecule has 6 nitrogen and oxygen atoms in total. The zero-order chi connectivity index (χ0) is 19.1. The van der Waals surface area contributed by atoms with E-state index in [1.165, 1.54) is 29.8 Å². The van der Waals surface area contributed by atoms with E-state index in [4.69, 9.17) is 4.74 Å². The van der Waals surface area contributed by atoms with Gasteiger partial charge in [0, 0.05) is 17.7 Å². The van der Waals surface area contributed by atoms with E-state index in [1.54, 1.807) is 0 Å². The largest absolute Gasteiger partial charge is 0.494 e. The maximum absolute atomic E-state index is 12.4. The highest BCUT2D eigenvalue weighted by Gasteiger charge is 2.15. The SMILES string of the molecule is CCOc1ccc(-c2cc(=O)n(CC(=O)NC3CCCCCC3)cn2)cc1. The van der Waals surface area contributed by atoms with Gasteiger partial charge in [0.25, 0.3) is 5.56 Å². The Kier molecular flexibility index (Phi) is 6.63. The fraction of sp³-hybridized carbons (Fsp3) is 0.476. The van der Waals surface area contributed by atoms with E-state index >= 15 is 0 Å². The molecule has 1 aliphatic rings. The molecule has 3 rings (SSSR count). The molecule has 144 valence electrons. The number of hydrogen-bond donors (Lipinski definition) is 1. The fourth-order valence-electron chi connectivity index (χ4n) is 3.44. The number of carbonyl (C=O) groups is 1. The van der Waals surface area contributed by atoms with Crippen LogP contribution in [-0.2, 0) is 11.3 Å². The third-order valence-corrected chi connectivity index (χ3v) is 4.87. The van der Waals surface area contributed by atoms with Gasteiger partial charge in [0.2, 0.25) is 5.91 Å². The summed E-state index contributed by atoms with van der Waals surface area (Å²) >= 11 is 0. The first-order valence-electron chi connectivity index (χ1n) is 9.75. The standard InChI is InChI=1S/C21H27N3O3/c1-2-27-18-11-9-16(10-12-18)19-13-21(26)24(15-22-19)14-20(25)23-17-7-5-3-4-6-8-17/h9-13,15,17H,2-8,14H2,1H3,(H,23,25). The van der Waals surface area contributed by atoms with E-state index in [0.717, 1.165) is 37.0 Å². The summed E-state index contributed by atoms with van der Waals surface area (Å²) in [5.74, 6) is 0.657. The number of hydrogen-bond acceptors (Lipinski definition) is 4.